The van der Waals surface area contributed by atoms with Gasteiger partial charge in [-0.1, -0.05) is 18.2 Å². The average molecular weight is 367 g/mol. The lowest BCUT2D eigenvalue weighted by Gasteiger charge is -2.46. The van der Waals surface area contributed by atoms with E-state index in [1.165, 1.54) is 0 Å². The predicted molar refractivity (Wildman–Crippen MR) is 102 cm³/mol. The van der Waals surface area contributed by atoms with E-state index in [1.54, 1.807) is 11.0 Å². The molecule has 8 heteroatoms. The number of likely N-dealkylation sites (tertiary alicyclic amines) is 1. The summed E-state index contributed by atoms with van der Waals surface area (Å²) < 4.78 is 0. The monoisotopic (exact) mass is 367 g/mol. The molecule has 142 valence electrons. The summed E-state index contributed by atoms with van der Waals surface area (Å²) in [7, 11) is 0. The number of nitrogens with two attached hydrogens (primary N) is 1. The molecule has 4 rings (SSSR count). The van der Waals surface area contributed by atoms with Crippen molar-refractivity contribution in [2.75, 3.05) is 32.7 Å². The Hall–Kier alpha value is -2.63. The number of nitrogens with one attached hydrogen (secondary N) is 1. The first-order valence-electron chi connectivity index (χ1n) is 9.52. The van der Waals surface area contributed by atoms with E-state index in [0.717, 1.165) is 31.5 Å². The molecule has 3 aliphatic rings. The molecule has 27 heavy (non-hydrogen) atoms. The number of piperazine rings is 1. The summed E-state index contributed by atoms with van der Waals surface area (Å²) in [5, 5.41) is 12.7. The van der Waals surface area contributed by atoms with Crippen molar-refractivity contribution in [2.45, 2.75) is 31.6 Å². The number of hydrogen-bond acceptors (Lipinski definition) is 6. The minimum atomic E-state index is -0.179. The third-order valence-electron chi connectivity index (χ3n) is 5.41. The van der Waals surface area contributed by atoms with Crippen molar-refractivity contribution in [1.82, 2.24) is 20.0 Å². The first kappa shape index (κ1) is 17.8. The maximum absolute atomic E-state index is 13.3. The molecule has 2 unspecified atom stereocenters. The van der Waals surface area contributed by atoms with E-state index in [4.69, 9.17) is 10.7 Å². The van der Waals surface area contributed by atoms with Crippen molar-refractivity contribution >= 4 is 12.0 Å². The largest absolute Gasteiger partial charge is 0.341 e. The molecule has 1 aromatic rings. The van der Waals surface area contributed by atoms with E-state index in [2.05, 4.69) is 16.3 Å². The van der Waals surface area contributed by atoms with E-state index in [-0.39, 0.29) is 18.2 Å². The lowest BCUT2D eigenvalue weighted by Crippen LogP contribution is -2.64. The fourth-order valence-corrected chi connectivity index (χ4v) is 3.99. The molecule has 8 nitrogen and oxygen atoms in total. The fraction of sp³-hybridized carbons (Fsp3) is 0.526. The quantitative estimate of drug-likeness (QED) is 0.793. The molecule has 0 aliphatic carbocycles. The first-order valence-corrected chi connectivity index (χ1v) is 9.52. The topological polar surface area (TPSA) is 101 Å². The number of piperidine rings is 1. The van der Waals surface area contributed by atoms with Crippen LogP contribution < -0.4 is 11.1 Å². The molecule has 2 saturated heterocycles. The second kappa shape index (κ2) is 7.55. The van der Waals surface area contributed by atoms with Crippen molar-refractivity contribution < 1.29 is 4.79 Å². The highest BCUT2D eigenvalue weighted by Crippen LogP contribution is 2.23. The highest BCUT2D eigenvalue weighted by atomic mass is 16.2. The van der Waals surface area contributed by atoms with E-state index < -0.39 is 0 Å². The maximum atomic E-state index is 13.3. The Bertz CT molecular complexity index is 787. The summed E-state index contributed by atoms with van der Waals surface area (Å²) in [4.78, 5) is 23.9. The smallest absolute Gasteiger partial charge is 0.328 e. The first-order chi connectivity index (χ1) is 13.2. The number of fused-ring (bicyclic) bond motifs is 1. The van der Waals surface area contributed by atoms with Gasteiger partial charge in [-0.05, 0) is 24.5 Å². The van der Waals surface area contributed by atoms with Crippen LogP contribution >= 0.6 is 0 Å². The highest BCUT2D eigenvalue weighted by molar-refractivity contribution is 5.98. The van der Waals surface area contributed by atoms with E-state index in [9.17, 15) is 10.1 Å². The van der Waals surface area contributed by atoms with Gasteiger partial charge in [-0.15, -0.1) is 0 Å². The minimum absolute atomic E-state index is 0.0432. The Balaban J connectivity index is 1.68. The zero-order chi connectivity index (χ0) is 18.8. The summed E-state index contributed by atoms with van der Waals surface area (Å²) in [5.41, 5.74) is 7.59. The molecular weight excluding hydrogens is 342 g/mol. The minimum Gasteiger partial charge on any atom is -0.341 e. The lowest BCUT2D eigenvalue weighted by atomic mass is 10.1. The predicted octanol–water partition coefficient (Wildman–Crippen LogP) is 0.504. The van der Waals surface area contributed by atoms with Crippen LogP contribution in [0.25, 0.3) is 0 Å². The number of urea groups is 1. The Morgan fingerprint density at radius 3 is 3.00 bits per heavy atom. The Labute approximate surface area is 159 Å². The number of guanidine groups is 1. The van der Waals surface area contributed by atoms with Crippen LogP contribution in [0.4, 0.5) is 4.79 Å². The Morgan fingerprint density at radius 1 is 1.33 bits per heavy atom. The second-order valence-electron chi connectivity index (χ2n) is 7.29. The number of aliphatic imine (C=N–C) groups is 1. The summed E-state index contributed by atoms with van der Waals surface area (Å²) in [6.07, 6.45) is 1.80. The molecular formula is C19H25N7O. The molecule has 0 aromatic heterocycles. The zero-order valence-corrected chi connectivity index (χ0v) is 15.3. The SMILES string of the molecule is N#Cc1ccccc1CN1C(=O)N2CCNCC2N=C1N1CCCC(N)C1. The standard InChI is InChI=1S/C19H25N7O/c20-10-14-4-1-2-5-15(14)12-26-18(24-8-3-6-16(21)13-24)23-17-11-22-7-9-25(17)19(26)27/h1-2,4-5,16-17,22H,3,6-9,11-13,21H2. The van der Waals surface area contributed by atoms with Gasteiger partial charge >= 0.3 is 6.03 Å². The van der Waals surface area contributed by atoms with Crippen molar-refractivity contribution in [3.05, 3.63) is 35.4 Å². The van der Waals surface area contributed by atoms with Gasteiger partial charge < -0.3 is 16.0 Å². The molecule has 0 bridgehead atoms. The summed E-state index contributed by atoms with van der Waals surface area (Å²) in [6.45, 7) is 3.95. The van der Waals surface area contributed by atoms with Crippen molar-refractivity contribution in [2.24, 2.45) is 10.7 Å². The molecule has 2 fully saturated rings. The summed E-state index contributed by atoms with van der Waals surface area (Å²) in [5.74, 6) is 0.688. The molecule has 0 spiro atoms. The van der Waals surface area contributed by atoms with Crippen molar-refractivity contribution in [1.29, 1.82) is 5.26 Å². The van der Waals surface area contributed by atoms with E-state index >= 15 is 0 Å². The van der Waals surface area contributed by atoms with Crippen LogP contribution in [0, 0.1) is 11.3 Å². The number of carbonyl (C=O) groups is 1. The van der Waals surface area contributed by atoms with Crippen LogP contribution in [0.15, 0.2) is 29.3 Å². The summed E-state index contributed by atoms with van der Waals surface area (Å²) in [6, 6.07) is 9.68. The van der Waals surface area contributed by atoms with Gasteiger partial charge in [-0.3, -0.25) is 9.80 Å². The van der Waals surface area contributed by atoms with E-state index in [1.807, 2.05) is 23.1 Å². The summed E-state index contributed by atoms with van der Waals surface area (Å²) >= 11 is 0. The van der Waals surface area contributed by atoms with Gasteiger partial charge in [-0.2, -0.15) is 5.26 Å². The van der Waals surface area contributed by atoms with Gasteiger partial charge in [0.25, 0.3) is 0 Å². The third kappa shape index (κ3) is 3.48. The molecule has 3 N–H and O–H groups in total. The van der Waals surface area contributed by atoms with Gasteiger partial charge in [0, 0.05) is 38.8 Å². The number of rotatable bonds is 2. The molecule has 2 atom stereocenters. The fourth-order valence-electron chi connectivity index (χ4n) is 3.99. The van der Waals surface area contributed by atoms with Crippen molar-refractivity contribution in [3.63, 3.8) is 0 Å². The highest BCUT2D eigenvalue weighted by Gasteiger charge is 2.39. The van der Waals surface area contributed by atoms with Gasteiger partial charge in [0.2, 0.25) is 5.96 Å². The average Bonchev–Trinajstić information content (AvgIpc) is 2.70. The van der Waals surface area contributed by atoms with E-state index in [0.29, 0.717) is 37.7 Å². The number of carbonyl (C=O) groups excluding carboxylic acids is 1. The van der Waals surface area contributed by atoms with Crippen LogP contribution in [-0.4, -0.2) is 71.6 Å². The van der Waals surface area contributed by atoms with Crippen LogP contribution in [0.5, 0.6) is 0 Å². The van der Waals surface area contributed by atoms with Crippen LogP contribution in [-0.2, 0) is 6.54 Å². The Kier molecular flexibility index (Phi) is 4.97. The number of benzene rings is 1. The lowest BCUT2D eigenvalue weighted by molar-refractivity contribution is 0.119. The van der Waals surface area contributed by atoms with Crippen LogP contribution in [0.3, 0.4) is 0 Å². The van der Waals surface area contributed by atoms with Gasteiger partial charge in [0.05, 0.1) is 18.2 Å². The molecule has 3 aliphatic heterocycles. The number of amides is 2. The molecule has 3 heterocycles. The second-order valence-corrected chi connectivity index (χ2v) is 7.29. The maximum Gasteiger partial charge on any atom is 0.328 e. The third-order valence-corrected chi connectivity index (χ3v) is 5.41. The van der Waals surface area contributed by atoms with Crippen LogP contribution in [0.2, 0.25) is 0 Å². The number of hydrogen-bond donors (Lipinski definition) is 2. The molecule has 0 radical (unpaired) electrons. The zero-order valence-electron chi connectivity index (χ0n) is 15.3. The van der Waals surface area contributed by atoms with Gasteiger partial charge in [0.15, 0.2) is 0 Å². The molecule has 2 amide bonds. The normalized spacial score (nSPS) is 25.7. The number of nitriles is 1. The Morgan fingerprint density at radius 2 is 2.19 bits per heavy atom. The van der Waals surface area contributed by atoms with Crippen molar-refractivity contribution in [3.8, 4) is 6.07 Å². The molecule has 1 aromatic carbocycles. The van der Waals surface area contributed by atoms with Gasteiger partial charge in [0.1, 0.15) is 6.17 Å². The van der Waals surface area contributed by atoms with Gasteiger partial charge in [-0.25, -0.2) is 9.79 Å². The molecule has 0 saturated carbocycles. The number of nitrogens with zero attached hydrogens (tertiary/aromatic N) is 5. The van der Waals surface area contributed by atoms with Crippen LogP contribution in [0.1, 0.15) is 24.0 Å².